The second kappa shape index (κ2) is 16.2. The van der Waals surface area contributed by atoms with Crippen LogP contribution in [-0.4, -0.2) is 58.6 Å². The zero-order valence-corrected chi connectivity index (χ0v) is 27.5. The first-order valence-electron chi connectivity index (χ1n) is 16.2. The molecule has 0 spiro atoms. The zero-order chi connectivity index (χ0) is 32.3. The van der Waals surface area contributed by atoms with Crippen LogP contribution >= 0.6 is 0 Å². The van der Waals surface area contributed by atoms with Gasteiger partial charge in [0, 0.05) is 19.0 Å². The molecule has 3 N–H and O–H groups in total. The normalized spacial score (nSPS) is 17.4. The van der Waals surface area contributed by atoms with Crippen molar-refractivity contribution >= 4 is 17.8 Å². The Labute approximate surface area is 263 Å². The maximum atomic E-state index is 14.6. The van der Waals surface area contributed by atoms with Crippen molar-refractivity contribution in [3.63, 3.8) is 0 Å². The summed E-state index contributed by atoms with van der Waals surface area (Å²) in [6, 6.07) is 18.8. The topological polar surface area (TPSA) is 108 Å². The van der Waals surface area contributed by atoms with E-state index in [1.165, 1.54) is 5.56 Å². The first-order valence-corrected chi connectivity index (χ1v) is 16.2. The number of alkyl carbamates (subject to hydrolysis) is 1. The van der Waals surface area contributed by atoms with Gasteiger partial charge in [-0.3, -0.25) is 14.5 Å². The van der Waals surface area contributed by atoms with Gasteiger partial charge in [-0.15, -0.1) is 0 Å². The molecule has 3 atom stereocenters. The summed E-state index contributed by atoms with van der Waals surface area (Å²) in [4.78, 5) is 44.2. The molecular formula is C36H53N3O5. The molecule has 1 unspecified atom stereocenters. The molecule has 0 radical (unpaired) electrons. The lowest BCUT2D eigenvalue weighted by Gasteiger charge is -2.46. The van der Waals surface area contributed by atoms with Gasteiger partial charge in [0.05, 0.1) is 11.5 Å². The van der Waals surface area contributed by atoms with E-state index in [4.69, 9.17) is 4.74 Å². The van der Waals surface area contributed by atoms with Crippen molar-refractivity contribution in [3.05, 3.63) is 71.8 Å². The number of carbonyl (C=O) groups excluding carboxylic acids is 3. The van der Waals surface area contributed by atoms with Crippen LogP contribution in [0.3, 0.4) is 0 Å². The van der Waals surface area contributed by atoms with Gasteiger partial charge in [-0.1, -0.05) is 94.3 Å². The van der Waals surface area contributed by atoms with E-state index < -0.39 is 35.2 Å². The molecule has 8 nitrogen and oxygen atoms in total. The van der Waals surface area contributed by atoms with E-state index in [0.29, 0.717) is 38.9 Å². The molecular weight excluding hydrogens is 554 g/mol. The molecule has 242 valence electrons. The molecule has 44 heavy (non-hydrogen) atoms. The number of hydrogen-bond donors (Lipinski definition) is 3. The molecule has 1 aliphatic heterocycles. The number of rotatable bonds is 14. The number of unbranched alkanes of at least 4 members (excludes halogenated alkanes) is 1. The molecule has 2 aromatic rings. The van der Waals surface area contributed by atoms with Gasteiger partial charge in [0.15, 0.2) is 5.78 Å². The van der Waals surface area contributed by atoms with Crippen LogP contribution in [0, 0.1) is 17.3 Å². The van der Waals surface area contributed by atoms with Crippen LogP contribution in [0.1, 0.15) is 84.8 Å². The molecule has 0 bridgehead atoms. The number of aliphatic hydroxyl groups is 1. The Morgan fingerprint density at radius 3 is 2.05 bits per heavy atom. The molecule has 1 saturated heterocycles. The SMILES string of the molecule is CCCCC(C(=O)[C@H](NC(=O)OC(C)(C)C)[C@H](O)C(C)C)C1(C(=O)NCc2ccccc2)CCN(Cc2ccccc2)CC1. The summed E-state index contributed by atoms with van der Waals surface area (Å²) in [6.07, 6.45) is 1.18. The highest BCUT2D eigenvalue weighted by atomic mass is 16.6. The van der Waals surface area contributed by atoms with Crippen LogP contribution in [0.15, 0.2) is 60.7 Å². The van der Waals surface area contributed by atoms with Gasteiger partial charge in [0.1, 0.15) is 11.6 Å². The van der Waals surface area contributed by atoms with E-state index in [0.717, 1.165) is 24.9 Å². The number of Topliss-reactive ketones (excluding diaryl/α,β-unsaturated/α-hetero) is 1. The van der Waals surface area contributed by atoms with E-state index in [-0.39, 0.29) is 17.6 Å². The van der Waals surface area contributed by atoms with E-state index in [1.54, 1.807) is 20.8 Å². The monoisotopic (exact) mass is 607 g/mol. The Bertz CT molecular complexity index is 1190. The van der Waals surface area contributed by atoms with Crippen molar-refractivity contribution < 1.29 is 24.2 Å². The fourth-order valence-corrected chi connectivity index (χ4v) is 6.10. The first kappa shape index (κ1) is 35.3. The number of nitrogens with one attached hydrogen (secondary N) is 2. The molecule has 1 aliphatic rings. The highest BCUT2D eigenvalue weighted by molar-refractivity contribution is 5.96. The number of benzene rings is 2. The van der Waals surface area contributed by atoms with Crippen molar-refractivity contribution in [2.45, 2.75) is 104 Å². The summed E-state index contributed by atoms with van der Waals surface area (Å²) in [6.45, 7) is 13.4. The predicted octanol–water partition coefficient (Wildman–Crippen LogP) is 5.87. The van der Waals surface area contributed by atoms with Crippen LogP contribution in [0.25, 0.3) is 0 Å². The molecule has 3 rings (SSSR count). The van der Waals surface area contributed by atoms with Crippen LogP contribution in [-0.2, 0) is 27.4 Å². The average molecular weight is 608 g/mol. The smallest absolute Gasteiger partial charge is 0.408 e. The van der Waals surface area contributed by atoms with E-state index in [2.05, 4.69) is 34.6 Å². The number of likely N-dealkylation sites (tertiary alicyclic amines) is 1. The summed E-state index contributed by atoms with van der Waals surface area (Å²) < 4.78 is 5.49. The molecule has 0 aliphatic carbocycles. The lowest BCUT2D eigenvalue weighted by Crippen LogP contribution is -2.60. The predicted molar refractivity (Wildman–Crippen MR) is 174 cm³/mol. The van der Waals surface area contributed by atoms with Crippen molar-refractivity contribution in [1.82, 2.24) is 15.5 Å². The first-order chi connectivity index (χ1) is 20.9. The third kappa shape index (κ3) is 9.89. The van der Waals surface area contributed by atoms with E-state index >= 15 is 0 Å². The van der Waals surface area contributed by atoms with Crippen LogP contribution in [0.2, 0.25) is 0 Å². The number of hydrogen-bond acceptors (Lipinski definition) is 6. The number of ether oxygens (including phenoxy) is 1. The quantitative estimate of drug-likeness (QED) is 0.248. The van der Waals surface area contributed by atoms with Gasteiger partial charge in [-0.2, -0.15) is 0 Å². The third-order valence-electron chi connectivity index (χ3n) is 8.61. The Morgan fingerprint density at radius 2 is 1.52 bits per heavy atom. The molecule has 0 aromatic heterocycles. The number of carbonyl (C=O) groups is 3. The highest BCUT2D eigenvalue weighted by Gasteiger charge is 2.52. The lowest BCUT2D eigenvalue weighted by atomic mass is 9.63. The van der Waals surface area contributed by atoms with E-state index in [9.17, 15) is 19.5 Å². The average Bonchev–Trinajstić information content (AvgIpc) is 2.99. The fourth-order valence-electron chi connectivity index (χ4n) is 6.10. The minimum Gasteiger partial charge on any atom is -0.444 e. The molecule has 0 saturated carbocycles. The fraction of sp³-hybridized carbons (Fsp3) is 0.583. The molecule has 2 amide bonds. The van der Waals surface area contributed by atoms with Gasteiger partial charge in [0.2, 0.25) is 5.91 Å². The molecule has 1 fully saturated rings. The summed E-state index contributed by atoms with van der Waals surface area (Å²) >= 11 is 0. The summed E-state index contributed by atoms with van der Waals surface area (Å²) in [7, 11) is 0. The summed E-state index contributed by atoms with van der Waals surface area (Å²) in [5.74, 6) is -1.45. The molecule has 8 heteroatoms. The van der Waals surface area contributed by atoms with Gasteiger partial charge < -0.3 is 20.5 Å². The molecule has 2 aromatic carbocycles. The second-order valence-corrected chi connectivity index (χ2v) is 13.5. The van der Waals surface area contributed by atoms with Crippen molar-refractivity contribution in [2.24, 2.45) is 17.3 Å². The number of piperidine rings is 1. The van der Waals surface area contributed by atoms with Crippen molar-refractivity contribution in [2.75, 3.05) is 13.1 Å². The van der Waals surface area contributed by atoms with Crippen molar-refractivity contribution in [1.29, 1.82) is 0 Å². The zero-order valence-electron chi connectivity index (χ0n) is 27.5. The van der Waals surface area contributed by atoms with Gasteiger partial charge >= 0.3 is 6.09 Å². The minimum atomic E-state index is -1.20. The Hall–Kier alpha value is -3.23. The Kier molecular flexibility index (Phi) is 13.0. The Morgan fingerprint density at radius 1 is 0.955 bits per heavy atom. The maximum Gasteiger partial charge on any atom is 0.408 e. The highest BCUT2D eigenvalue weighted by Crippen LogP contribution is 2.44. The standard InChI is InChI=1S/C36H53N3O5/c1-7-8-19-29(32(41)30(31(40)26(2)3)38-34(43)44-35(4,5)6)36(33(42)37-24-27-15-11-9-12-16-27)20-22-39(23-21-36)25-28-17-13-10-14-18-28/h9-18,26,29-31,40H,7-8,19-25H2,1-6H3,(H,37,42)(H,38,43)/t29?,30-,31-/m1/s1. The number of nitrogens with zero attached hydrogens (tertiary/aromatic N) is 1. The number of aliphatic hydroxyl groups excluding tert-OH is 1. The van der Waals surface area contributed by atoms with Crippen LogP contribution < -0.4 is 10.6 Å². The maximum absolute atomic E-state index is 14.6. The summed E-state index contributed by atoms with van der Waals surface area (Å²) in [5, 5.41) is 17.1. The second-order valence-electron chi connectivity index (χ2n) is 13.5. The van der Waals surface area contributed by atoms with Crippen LogP contribution in [0.4, 0.5) is 4.79 Å². The molecule has 1 heterocycles. The number of ketones is 1. The van der Waals surface area contributed by atoms with Crippen LogP contribution in [0.5, 0.6) is 0 Å². The number of amides is 2. The Balaban J connectivity index is 1.96. The van der Waals surface area contributed by atoms with Gasteiger partial charge in [-0.25, -0.2) is 4.79 Å². The van der Waals surface area contributed by atoms with Crippen molar-refractivity contribution in [3.8, 4) is 0 Å². The largest absolute Gasteiger partial charge is 0.444 e. The van der Waals surface area contributed by atoms with E-state index in [1.807, 2.05) is 62.4 Å². The summed E-state index contributed by atoms with van der Waals surface area (Å²) in [5.41, 5.74) is 0.424. The third-order valence-corrected chi connectivity index (χ3v) is 8.61. The van der Waals surface area contributed by atoms with Gasteiger partial charge in [0.25, 0.3) is 0 Å². The lowest BCUT2D eigenvalue weighted by molar-refractivity contribution is -0.148. The van der Waals surface area contributed by atoms with Gasteiger partial charge in [-0.05, 0) is 70.2 Å². The minimum absolute atomic E-state index is 0.148.